The average Bonchev–Trinajstić information content (AvgIpc) is 3.40. The minimum atomic E-state index is -0.264. The Bertz CT molecular complexity index is 1350. The molecule has 11 heteroatoms. The SMILES string of the molecule is COc1nc(-n2cc(CN3C[C@@H](c4ccc5c(c4C)COC5=O)N[C@@H](N)C3)nc2C)ncc1C#N. The Labute approximate surface area is 202 Å². The molecule has 1 fully saturated rings. The number of cyclic esters (lactones) is 1. The Morgan fingerprint density at radius 3 is 2.91 bits per heavy atom. The van der Waals surface area contributed by atoms with Crippen LogP contribution in [-0.4, -0.2) is 56.8 Å². The molecular formula is C24H26N8O3. The number of carbonyl (C=O) groups excluding carboxylic acids is 1. The van der Waals surface area contributed by atoms with Crippen molar-refractivity contribution in [2.75, 3.05) is 20.2 Å². The van der Waals surface area contributed by atoms with Gasteiger partial charge in [-0.3, -0.25) is 14.8 Å². The molecular weight excluding hydrogens is 448 g/mol. The van der Waals surface area contributed by atoms with Crippen LogP contribution in [0, 0.1) is 25.2 Å². The highest BCUT2D eigenvalue weighted by Gasteiger charge is 2.30. The number of imidazole rings is 1. The van der Waals surface area contributed by atoms with Crippen molar-refractivity contribution in [2.24, 2.45) is 5.73 Å². The molecule has 2 aliphatic heterocycles. The Kier molecular flexibility index (Phi) is 5.94. The van der Waals surface area contributed by atoms with Gasteiger partial charge in [0, 0.05) is 37.4 Å². The van der Waals surface area contributed by atoms with Gasteiger partial charge in [0.25, 0.3) is 0 Å². The molecule has 3 N–H and O–H groups in total. The molecule has 3 aromatic rings. The van der Waals surface area contributed by atoms with Crippen molar-refractivity contribution < 1.29 is 14.3 Å². The van der Waals surface area contributed by atoms with E-state index in [0.717, 1.165) is 34.8 Å². The molecule has 1 saturated heterocycles. The number of hydrogen-bond acceptors (Lipinski definition) is 10. The molecule has 0 spiro atoms. The number of piperazine rings is 1. The second kappa shape index (κ2) is 9.07. The van der Waals surface area contributed by atoms with Crippen LogP contribution >= 0.6 is 0 Å². The minimum Gasteiger partial charge on any atom is -0.480 e. The minimum absolute atomic E-state index is 0.00838. The number of benzene rings is 1. The lowest BCUT2D eigenvalue weighted by molar-refractivity contribution is 0.0535. The first-order valence-electron chi connectivity index (χ1n) is 11.3. The van der Waals surface area contributed by atoms with Gasteiger partial charge in [0.2, 0.25) is 11.8 Å². The predicted octanol–water partition coefficient (Wildman–Crippen LogP) is 1.26. The number of carbonyl (C=O) groups is 1. The molecule has 35 heavy (non-hydrogen) atoms. The molecule has 0 aliphatic carbocycles. The van der Waals surface area contributed by atoms with Crippen LogP contribution in [0.4, 0.5) is 0 Å². The van der Waals surface area contributed by atoms with Crippen LogP contribution in [0.2, 0.25) is 0 Å². The second-order valence-corrected chi connectivity index (χ2v) is 8.76. The normalized spacial score (nSPS) is 19.8. The summed E-state index contributed by atoms with van der Waals surface area (Å²) in [7, 11) is 1.47. The van der Waals surface area contributed by atoms with Crippen molar-refractivity contribution in [3.8, 4) is 17.9 Å². The highest BCUT2D eigenvalue weighted by atomic mass is 16.5. The number of nitrogens with one attached hydrogen (secondary N) is 1. The maximum atomic E-state index is 11.9. The predicted molar refractivity (Wildman–Crippen MR) is 125 cm³/mol. The highest BCUT2D eigenvalue weighted by molar-refractivity contribution is 5.94. The van der Waals surface area contributed by atoms with Crippen LogP contribution in [0.15, 0.2) is 24.5 Å². The summed E-state index contributed by atoms with van der Waals surface area (Å²) in [4.78, 5) is 27.5. The van der Waals surface area contributed by atoms with E-state index in [-0.39, 0.29) is 29.6 Å². The van der Waals surface area contributed by atoms with E-state index in [4.69, 9.17) is 20.2 Å². The fourth-order valence-corrected chi connectivity index (χ4v) is 4.78. The monoisotopic (exact) mass is 474 g/mol. The summed E-state index contributed by atoms with van der Waals surface area (Å²) < 4.78 is 12.2. The van der Waals surface area contributed by atoms with Crippen molar-refractivity contribution in [1.82, 2.24) is 29.7 Å². The smallest absolute Gasteiger partial charge is 0.338 e. The summed E-state index contributed by atoms with van der Waals surface area (Å²) in [6, 6.07) is 5.86. The number of nitriles is 1. The third-order valence-corrected chi connectivity index (χ3v) is 6.48. The van der Waals surface area contributed by atoms with Crippen LogP contribution in [0.1, 0.15) is 50.2 Å². The van der Waals surface area contributed by atoms with Crippen molar-refractivity contribution in [3.63, 3.8) is 0 Å². The summed E-state index contributed by atoms with van der Waals surface area (Å²) in [5.74, 6) is 1.07. The van der Waals surface area contributed by atoms with Gasteiger partial charge in [-0.1, -0.05) is 6.07 Å². The van der Waals surface area contributed by atoms with Crippen molar-refractivity contribution >= 4 is 5.97 Å². The second-order valence-electron chi connectivity index (χ2n) is 8.76. The number of aryl methyl sites for hydroxylation is 1. The van der Waals surface area contributed by atoms with Gasteiger partial charge >= 0.3 is 5.97 Å². The van der Waals surface area contributed by atoms with Crippen molar-refractivity contribution in [2.45, 2.75) is 39.2 Å². The maximum Gasteiger partial charge on any atom is 0.338 e. The Balaban J connectivity index is 1.36. The van der Waals surface area contributed by atoms with E-state index in [2.05, 4.69) is 20.2 Å². The number of methoxy groups -OCH3 is 1. The zero-order chi connectivity index (χ0) is 24.7. The number of esters is 1. The largest absolute Gasteiger partial charge is 0.480 e. The van der Waals surface area contributed by atoms with Crippen molar-refractivity contribution in [1.29, 1.82) is 5.26 Å². The lowest BCUT2D eigenvalue weighted by atomic mass is 9.93. The van der Waals surface area contributed by atoms with Gasteiger partial charge in [-0.05, 0) is 31.0 Å². The third kappa shape index (κ3) is 4.23. The third-order valence-electron chi connectivity index (χ3n) is 6.48. The molecule has 11 nitrogen and oxygen atoms in total. The first-order valence-corrected chi connectivity index (χ1v) is 11.3. The summed E-state index contributed by atoms with van der Waals surface area (Å²) in [6.45, 7) is 6.21. The van der Waals surface area contributed by atoms with E-state index < -0.39 is 0 Å². The van der Waals surface area contributed by atoms with E-state index >= 15 is 0 Å². The highest BCUT2D eigenvalue weighted by Crippen LogP contribution is 2.31. The van der Waals surface area contributed by atoms with Gasteiger partial charge < -0.3 is 15.2 Å². The Hall–Kier alpha value is -3.85. The molecule has 2 aliphatic rings. The van der Waals surface area contributed by atoms with E-state index in [9.17, 15) is 10.1 Å². The van der Waals surface area contributed by atoms with E-state index in [0.29, 0.717) is 31.2 Å². The number of rotatable bonds is 5. The fraction of sp³-hybridized carbons (Fsp3) is 0.375. The Morgan fingerprint density at radius 2 is 2.14 bits per heavy atom. The summed E-state index contributed by atoms with van der Waals surface area (Å²) >= 11 is 0. The molecule has 0 amide bonds. The maximum absolute atomic E-state index is 11.9. The van der Waals surface area contributed by atoms with Gasteiger partial charge in [0.05, 0.1) is 30.7 Å². The molecule has 1 aromatic carbocycles. The molecule has 2 atom stereocenters. The average molecular weight is 475 g/mol. The number of nitrogens with zero attached hydrogens (tertiary/aromatic N) is 6. The zero-order valence-electron chi connectivity index (χ0n) is 19.8. The summed E-state index contributed by atoms with van der Waals surface area (Å²) in [5.41, 5.74) is 11.3. The van der Waals surface area contributed by atoms with E-state index in [1.165, 1.54) is 13.3 Å². The standard InChI is InChI=1S/C24H26N8O3/c1-13-17(4-5-18-19(13)12-35-23(18)33)20-10-31(11-21(26)29-20)8-16-9-32(14(2)28-16)24-27-7-15(6-25)22(30-24)34-3/h4-5,7,9,20-21,29H,8,10-12,26H2,1-3H3/t20-,21+/m0/s1. The van der Waals surface area contributed by atoms with Crippen LogP contribution in [0.3, 0.4) is 0 Å². The Morgan fingerprint density at radius 1 is 1.31 bits per heavy atom. The molecule has 180 valence electrons. The van der Waals surface area contributed by atoms with Gasteiger partial charge in [-0.25, -0.2) is 14.8 Å². The zero-order valence-corrected chi connectivity index (χ0v) is 19.8. The molecule has 2 aromatic heterocycles. The number of ether oxygens (including phenoxy) is 2. The number of fused-ring (bicyclic) bond motifs is 1. The van der Waals surface area contributed by atoms with E-state index in [1.54, 1.807) is 4.57 Å². The summed E-state index contributed by atoms with van der Waals surface area (Å²) in [6.07, 6.45) is 3.12. The molecule has 0 unspecified atom stereocenters. The van der Waals surface area contributed by atoms with Gasteiger partial charge in [0.15, 0.2) is 0 Å². The number of hydrogen-bond donors (Lipinski definition) is 2. The summed E-state index contributed by atoms with van der Waals surface area (Å²) in [5, 5.41) is 12.7. The lowest BCUT2D eigenvalue weighted by Gasteiger charge is -2.38. The van der Waals surface area contributed by atoms with Crippen LogP contribution < -0.4 is 15.8 Å². The molecule has 0 bridgehead atoms. The van der Waals surface area contributed by atoms with Gasteiger partial charge in [0.1, 0.15) is 24.1 Å². The van der Waals surface area contributed by atoms with Crippen molar-refractivity contribution in [3.05, 3.63) is 63.9 Å². The fourth-order valence-electron chi connectivity index (χ4n) is 4.78. The molecule has 0 saturated carbocycles. The topological polar surface area (TPSA) is 144 Å². The van der Waals surface area contributed by atoms with Gasteiger partial charge in [-0.2, -0.15) is 10.2 Å². The van der Waals surface area contributed by atoms with Crippen LogP contribution in [0.5, 0.6) is 5.88 Å². The van der Waals surface area contributed by atoms with Crippen LogP contribution in [0.25, 0.3) is 5.95 Å². The first-order chi connectivity index (χ1) is 16.9. The van der Waals surface area contributed by atoms with Gasteiger partial charge in [-0.15, -0.1) is 0 Å². The molecule has 4 heterocycles. The number of aromatic nitrogens is 4. The van der Waals surface area contributed by atoms with E-state index in [1.807, 2.05) is 38.2 Å². The van der Waals surface area contributed by atoms with Crippen LogP contribution in [-0.2, 0) is 17.9 Å². The molecule has 0 radical (unpaired) electrons. The first kappa shape index (κ1) is 22.9. The number of nitrogens with two attached hydrogens (primary N) is 1. The molecule has 5 rings (SSSR count). The lowest BCUT2D eigenvalue weighted by Crippen LogP contribution is -2.56. The quantitative estimate of drug-likeness (QED) is 0.519.